The maximum Gasteiger partial charge on any atom is 0.0468 e. The Labute approximate surface area is 91.6 Å². The van der Waals surface area contributed by atoms with E-state index in [1.165, 1.54) is 24.9 Å². The fourth-order valence-corrected chi connectivity index (χ4v) is 2.01. The van der Waals surface area contributed by atoms with E-state index in [2.05, 4.69) is 29.6 Å². The van der Waals surface area contributed by atoms with E-state index >= 15 is 0 Å². The Morgan fingerprint density at radius 2 is 1.87 bits per heavy atom. The first-order valence-electron chi connectivity index (χ1n) is 5.82. The summed E-state index contributed by atoms with van der Waals surface area (Å²) in [6.45, 7) is 2.99. The number of benzene rings is 1. The Hall–Kier alpha value is -1.02. The number of anilines is 1. The average molecular weight is 205 g/mol. The molecule has 2 rings (SSSR count). The predicted octanol–water partition coefficient (Wildman–Crippen LogP) is 2.92. The molecule has 1 aromatic rings. The smallest absolute Gasteiger partial charge is 0.0468 e. The summed E-state index contributed by atoms with van der Waals surface area (Å²) in [7, 11) is 0. The molecule has 0 amide bonds. The lowest BCUT2D eigenvalue weighted by molar-refractivity contribution is 0.0649. The summed E-state index contributed by atoms with van der Waals surface area (Å²) in [6, 6.07) is 10.4. The molecule has 0 radical (unpaired) electrons. The van der Waals surface area contributed by atoms with Crippen LogP contribution in [0.3, 0.4) is 0 Å². The number of hydrogen-bond acceptors (Lipinski definition) is 2. The van der Waals surface area contributed by atoms with Crippen molar-refractivity contribution in [3.05, 3.63) is 30.3 Å². The molecule has 0 bridgehead atoms. The molecule has 82 valence electrons. The lowest BCUT2D eigenvalue weighted by Gasteiger charge is -2.22. The largest absolute Gasteiger partial charge is 0.385 e. The monoisotopic (exact) mass is 205 g/mol. The third-order valence-electron chi connectivity index (χ3n) is 3.00. The third-order valence-corrected chi connectivity index (χ3v) is 3.00. The SMILES string of the molecule is c1ccc(NCCC2CCOCC2)cc1. The summed E-state index contributed by atoms with van der Waals surface area (Å²) in [5.74, 6) is 0.856. The van der Waals surface area contributed by atoms with Gasteiger partial charge in [0.25, 0.3) is 0 Å². The number of ether oxygens (including phenoxy) is 1. The van der Waals surface area contributed by atoms with Crippen molar-refractivity contribution in [2.75, 3.05) is 25.1 Å². The van der Waals surface area contributed by atoms with Gasteiger partial charge in [-0.15, -0.1) is 0 Å². The highest BCUT2D eigenvalue weighted by Crippen LogP contribution is 2.18. The zero-order valence-electron chi connectivity index (χ0n) is 9.11. The van der Waals surface area contributed by atoms with E-state index in [1.54, 1.807) is 0 Å². The van der Waals surface area contributed by atoms with Crippen LogP contribution in [0.25, 0.3) is 0 Å². The van der Waals surface area contributed by atoms with E-state index < -0.39 is 0 Å². The minimum Gasteiger partial charge on any atom is -0.385 e. The highest BCUT2D eigenvalue weighted by Gasteiger charge is 2.12. The molecular formula is C13H19NO. The molecule has 1 aromatic carbocycles. The van der Waals surface area contributed by atoms with Crippen LogP contribution in [0, 0.1) is 5.92 Å². The molecule has 15 heavy (non-hydrogen) atoms. The Morgan fingerprint density at radius 1 is 1.13 bits per heavy atom. The fourth-order valence-electron chi connectivity index (χ4n) is 2.01. The molecule has 2 nitrogen and oxygen atoms in total. The summed E-state index contributed by atoms with van der Waals surface area (Å²) >= 11 is 0. The second-order valence-electron chi connectivity index (χ2n) is 4.14. The van der Waals surface area contributed by atoms with Crippen LogP contribution in [0.5, 0.6) is 0 Å². The summed E-state index contributed by atoms with van der Waals surface area (Å²) in [6.07, 6.45) is 3.73. The maximum atomic E-state index is 5.34. The topological polar surface area (TPSA) is 21.3 Å². The lowest BCUT2D eigenvalue weighted by atomic mass is 9.97. The van der Waals surface area contributed by atoms with Crippen molar-refractivity contribution < 1.29 is 4.74 Å². The van der Waals surface area contributed by atoms with Crippen molar-refractivity contribution in [3.63, 3.8) is 0 Å². The molecule has 2 heteroatoms. The van der Waals surface area contributed by atoms with Gasteiger partial charge in [-0.05, 0) is 37.3 Å². The van der Waals surface area contributed by atoms with Crippen LogP contribution in [-0.4, -0.2) is 19.8 Å². The van der Waals surface area contributed by atoms with Crippen LogP contribution in [-0.2, 0) is 4.74 Å². The van der Waals surface area contributed by atoms with Gasteiger partial charge in [0.1, 0.15) is 0 Å². The van der Waals surface area contributed by atoms with Gasteiger partial charge in [-0.25, -0.2) is 0 Å². The Kier molecular flexibility index (Phi) is 4.03. The van der Waals surface area contributed by atoms with Crippen molar-refractivity contribution in [2.45, 2.75) is 19.3 Å². The minimum atomic E-state index is 0.856. The molecule has 1 N–H and O–H groups in total. The molecule has 0 saturated carbocycles. The number of hydrogen-bond donors (Lipinski definition) is 1. The number of para-hydroxylation sites is 1. The summed E-state index contributed by atoms with van der Waals surface area (Å²) in [5.41, 5.74) is 1.23. The van der Waals surface area contributed by atoms with Gasteiger partial charge in [0.15, 0.2) is 0 Å². The van der Waals surface area contributed by atoms with E-state index in [0.29, 0.717) is 0 Å². The molecule has 0 spiro atoms. The van der Waals surface area contributed by atoms with E-state index in [0.717, 1.165) is 25.7 Å². The van der Waals surface area contributed by atoms with Crippen molar-refractivity contribution in [3.8, 4) is 0 Å². The Balaban J connectivity index is 1.66. The zero-order valence-corrected chi connectivity index (χ0v) is 9.11. The maximum absolute atomic E-state index is 5.34. The van der Waals surface area contributed by atoms with E-state index in [4.69, 9.17) is 4.74 Å². The fraction of sp³-hybridized carbons (Fsp3) is 0.538. The molecule has 0 aromatic heterocycles. The third kappa shape index (κ3) is 3.56. The molecule has 0 unspecified atom stereocenters. The molecule has 1 saturated heterocycles. The van der Waals surface area contributed by atoms with Crippen LogP contribution in [0.15, 0.2) is 30.3 Å². The second kappa shape index (κ2) is 5.76. The zero-order chi connectivity index (χ0) is 10.3. The van der Waals surface area contributed by atoms with E-state index in [1.807, 2.05) is 6.07 Å². The minimum absolute atomic E-state index is 0.856. The van der Waals surface area contributed by atoms with Crippen molar-refractivity contribution in [2.24, 2.45) is 5.92 Å². The van der Waals surface area contributed by atoms with Gasteiger partial charge in [0, 0.05) is 25.4 Å². The quantitative estimate of drug-likeness (QED) is 0.816. The predicted molar refractivity (Wildman–Crippen MR) is 63.1 cm³/mol. The van der Waals surface area contributed by atoms with Crippen LogP contribution in [0.2, 0.25) is 0 Å². The lowest BCUT2D eigenvalue weighted by Crippen LogP contribution is -2.18. The number of rotatable bonds is 4. The normalized spacial score (nSPS) is 17.6. The molecule has 1 heterocycles. The van der Waals surface area contributed by atoms with Crippen LogP contribution >= 0.6 is 0 Å². The van der Waals surface area contributed by atoms with Gasteiger partial charge >= 0.3 is 0 Å². The van der Waals surface area contributed by atoms with Gasteiger partial charge in [-0.3, -0.25) is 0 Å². The summed E-state index contributed by atoms with van der Waals surface area (Å²) < 4.78 is 5.34. The van der Waals surface area contributed by atoms with Gasteiger partial charge in [0.2, 0.25) is 0 Å². The van der Waals surface area contributed by atoms with Gasteiger partial charge in [-0.1, -0.05) is 18.2 Å². The van der Waals surface area contributed by atoms with Crippen molar-refractivity contribution in [1.29, 1.82) is 0 Å². The van der Waals surface area contributed by atoms with E-state index in [9.17, 15) is 0 Å². The highest BCUT2D eigenvalue weighted by molar-refractivity contribution is 5.42. The Morgan fingerprint density at radius 3 is 2.60 bits per heavy atom. The van der Waals surface area contributed by atoms with Gasteiger partial charge < -0.3 is 10.1 Å². The molecule has 0 atom stereocenters. The molecular weight excluding hydrogens is 186 g/mol. The molecule has 1 aliphatic rings. The van der Waals surface area contributed by atoms with E-state index in [-0.39, 0.29) is 0 Å². The standard InChI is InChI=1S/C13H19NO/c1-2-4-13(5-3-1)14-9-6-12-7-10-15-11-8-12/h1-5,12,14H,6-11H2. The van der Waals surface area contributed by atoms with Crippen LogP contribution in [0.1, 0.15) is 19.3 Å². The molecule has 1 aliphatic heterocycles. The van der Waals surface area contributed by atoms with Crippen molar-refractivity contribution >= 4 is 5.69 Å². The Bertz CT molecular complexity index is 267. The van der Waals surface area contributed by atoms with Crippen LogP contribution < -0.4 is 5.32 Å². The molecule has 0 aliphatic carbocycles. The number of nitrogens with one attached hydrogen (secondary N) is 1. The summed E-state index contributed by atoms with van der Waals surface area (Å²) in [5, 5.41) is 3.45. The highest BCUT2D eigenvalue weighted by atomic mass is 16.5. The first-order valence-corrected chi connectivity index (χ1v) is 5.82. The molecule has 1 fully saturated rings. The second-order valence-corrected chi connectivity index (χ2v) is 4.14. The average Bonchev–Trinajstić information content (AvgIpc) is 2.32. The van der Waals surface area contributed by atoms with Gasteiger partial charge in [0.05, 0.1) is 0 Å². The van der Waals surface area contributed by atoms with Gasteiger partial charge in [-0.2, -0.15) is 0 Å². The first-order chi connectivity index (χ1) is 7.45. The summed E-state index contributed by atoms with van der Waals surface area (Å²) in [4.78, 5) is 0. The van der Waals surface area contributed by atoms with Crippen molar-refractivity contribution in [1.82, 2.24) is 0 Å². The van der Waals surface area contributed by atoms with Crippen LogP contribution in [0.4, 0.5) is 5.69 Å². The first kappa shape index (κ1) is 10.5.